The number of hydrogen-bond donors (Lipinski definition) is 1. The molecule has 2 aromatic rings. The van der Waals surface area contributed by atoms with E-state index in [2.05, 4.69) is 5.32 Å². The second-order valence-corrected chi connectivity index (χ2v) is 5.43. The van der Waals surface area contributed by atoms with E-state index in [4.69, 9.17) is 23.2 Å². The molecule has 0 fully saturated rings. The molecule has 0 unspecified atom stereocenters. The Hall–Kier alpha value is -1.62. The summed E-state index contributed by atoms with van der Waals surface area (Å²) in [5.41, 5.74) is 2.11. The highest BCUT2D eigenvalue weighted by Gasteiger charge is 2.04. The molecule has 0 atom stereocenters. The van der Waals surface area contributed by atoms with Gasteiger partial charge >= 0.3 is 0 Å². The van der Waals surface area contributed by atoms with E-state index in [1.165, 1.54) is 12.1 Å². The third-order valence-electron chi connectivity index (χ3n) is 3.06. The number of benzene rings is 2. The lowest BCUT2D eigenvalue weighted by molar-refractivity contribution is -0.384. The SMILES string of the molecule is O=[N+]([O-])c1ccc(CCNCc2cc(Cl)ccc2Cl)cc1. The lowest BCUT2D eigenvalue weighted by atomic mass is 10.1. The molecule has 0 saturated heterocycles. The van der Waals surface area contributed by atoms with Crippen LogP contribution in [0.25, 0.3) is 0 Å². The Labute approximate surface area is 132 Å². The second kappa shape index (κ2) is 7.41. The normalized spacial score (nSPS) is 10.6. The van der Waals surface area contributed by atoms with E-state index in [0.29, 0.717) is 16.6 Å². The summed E-state index contributed by atoms with van der Waals surface area (Å²) in [6.07, 6.45) is 0.788. The van der Waals surface area contributed by atoms with Crippen molar-refractivity contribution < 1.29 is 4.92 Å². The van der Waals surface area contributed by atoms with Crippen molar-refractivity contribution in [1.29, 1.82) is 0 Å². The first-order valence-electron chi connectivity index (χ1n) is 6.44. The Morgan fingerprint density at radius 1 is 1.10 bits per heavy atom. The molecule has 0 spiro atoms. The summed E-state index contributed by atoms with van der Waals surface area (Å²) in [5.74, 6) is 0. The molecule has 2 rings (SSSR count). The standard InChI is InChI=1S/C15H14Cl2N2O2/c16-13-3-6-15(17)12(9-13)10-18-8-7-11-1-4-14(5-2-11)19(20)21/h1-6,9,18H,7-8,10H2. The number of nitrogens with one attached hydrogen (secondary N) is 1. The van der Waals surface area contributed by atoms with Gasteiger partial charge in [-0.3, -0.25) is 10.1 Å². The number of nitro groups is 1. The van der Waals surface area contributed by atoms with Crippen molar-refractivity contribution in [3.05, 3.63) is 73.8 Å². The van der Waals surface area contributed by atoms with Crippen molar-refractivity contribution in [2.75, 3.05) is 6.54 Å². The zero-order chi connectivity index (χ0) is 15.2. The van der Waals surface area contributed by atoms with Gasteiger partial charge < -0.3 is 5.32 Å². The van der Waals surface area contributed by atoms with Gasteiger partial charge in [-0.15, -0.1) is 0 Å². The maximum absolute atomic E-state index is 10.6. The molecule has 0 radical (unpaired) electrons. The maximum Gasteiger partial charge on any atom is 0.269 e. The molecule has 4 nitrogen and oxygen atoms in total. The van der Waals surface area contributed by atoms with Crippen LogP contribution in [0.5, 0.6) is 0 Å². The summed E-state index contributed by atoms with van der Waals surface area (Å²) in [6.45, 7) is 1.38. The first-order valence-corrected chi connectivity index (χ1v) is 7.20. The van der Waals surface area contributed by atoms with E-state index < -0.39 is 4.92 Å². The van der Waals surface area contributed by atoms with Crippen LogP contribution in [-0.4, -0.2) is 11.5 Å². The molecule has 0 aliphatic rings. The largest absolute Gasteiger partial charge is 0.312 e. The van der Waals surface area contributed by atoms with Gasteiger partial charge in [-0.25, -0.2) is 0 Å². The minimum atomic E-state index is -0.400. The summed E-state index contributed by atoms with van der Waals surface area (Å²) < 4.78 is 0. The molecule has 21 heavy (non-hydrogen) atoms. The zero-order valence-electron chi connectivity index (χ0n) is 11.2. The van der Waals surface area contributed by atoms with Gasteiger partial charge in [-0.1, -0.05) is 35.3 Å². The molecule has 0 amide bonds. The minimum Gasteiger partial charge on any atom is -0.312 e. The molecule has 0 bridgehead atoms. The number of non-ortho nitro benzene ring substituents is 1. The molecular weight excluding hydrogens is 311 g/mol. The molecule has 0 aliphatic carbocycles. The number of hydrogen-bond acceptors (Lipinski definition) is 3. The lowest BCUT2D eigenvalue weighted by Crippen LogP contribution is -2.16. The Balaban J connectivity index is 1.81. The van der Waals surface area contributed by atoms with Crippen LogP contribution < -0.4 is 5.32 Å². The van der Waals surface area contributed by atoms with Crippen LogP contribution >= 0.6 is 23.2 Å². The van der Waals surface area contributed by atoms with Crippen LogP contribution in [0, 0.1) is 10.1 Å². The fourth-order valence-corrected chi connectivity index (χ4v) is 2.30. The maximum atomic E-state index is 10.6. The smallest absolute Gasteiger partial charge is 0.269 e. The molecule has 0 heterocycles. The quantitative estimate of drug-likeness (QED) is 0.491. The lowest BCUT2D eigenvalue weighted by Gasteiger charge is -2.07. The molecule has 2 aromatic carbocycles. The van der Waals surface area contributed by atoms with Crippen LogP contribution in [0.2, 0.25) is 10.0 Å². The fourth-order valence-electron chi connectivity index (χ4n) is 1.92. The summed E-state index contributed by atoms with van der Waals surface area (Å²) in [6, 6.07) is 11.9. The summed E-state index contributed by atoms with van der Waals surface area (Å²) in [5, 5.41) is 15.2. The molecule has 6 heteroatoms. The van der Waals surface area contributed by atoms with Crippen LogP contribution in [0.4, 0.5) is 5.69 Å². The fraction of sp³-hybridized carbons (Fsp3) is 0.200. The van der Waals surface area contributed by atoms with Gasteiger partial charge in [-0.2, -0.15) is 0 Å². The van der Waals surface area contributed by atoms with E-state index in [1.807, 2.05) is 6.07 Å². The molecule has 1 N–H and O–H groups in total. The Bertz CT molecular complexity index is 630. The minimum absolute atomic E-state index is 0.109. The van der Waals surface area contributed by atoms with E-state index in [9.17, 15) is 10.1 Å². The predicted molar refractivity (Wildman–Crippen MR) is 85.0 cm³/mol. The van der Waals surface area contributed by atoms with E-state index in [-0.39, 0.29) is 5.69 Å². The number of rotatable bonds is 6. The van der Waals surface area contributed by atoms with Gasteiger partial charge in [-0.05, 0) is 42.3 Å². The van der Waals surface area contributed by atoms with Gasteiger partial charge in [0.05, 0.1) is 4.92 Å². The summed E-state index contributed by atoms with van der Waals surface area (Å²) in [4.78, 5) is 10.2. The van der Waals surface area contributed by atoms with Crippen LogP contribution in [-0.2, 0) is 13.0 Å². The van der Waals surface area contributed by atoms with E-state index in [1.54, 1.807) is 24.3 Å². The Kier molecular flexibility index (Phi) is 5.56. The van der Waals surface area contributed by atoms with Crippen molar-refractivity contribution in [3.8, 4) is 0 Å². The zero-order valence-corrected chi connectivity index (χ0v) is 12.7. The van der Waals surface area contributed by atoms with Crippen molar-refractivity contribution in [1.82, 2.24) is 5.32 Å². The van der Waals surface area contributed by atoms with Crippen LogP contribution in [0.15, 0.2) is 42.5 Å². The van der Waals surface area contributed by atoms with Gasteiger partial charge in [0.1, 0.15) is 0 Å². The first kappa shape index (κ1) is 15.8. The van der Waals surface area contributed by atoms with Gasteiger partial charge in [0.25, 0.3) is 5.69 Å². The van der Waals surface area contributed by atoms with E-state index in [0.717, 1.165) is 24.1 Å². The van der Waals surface area contributed by atoms with Gasteiger partial charge in [0.15, 0.2) is 0 Å². The molecule has 0 saturated carbocycles. The van der Waals surface area contributed by atoms with Crippen molar-refractivity contribution in [2.45, 2.75) is 13.0 Å². The third-order valence-corrected chi connectivity index (χ3v) is 3.66. The van der Waals surface area contributed by atoms with Crippen molar-refractivity contribution in [2.24, 2.45) is 0 Å². The average Bonchev–Trinajstić information content (AvgIpc) is 2.47. The summed E-state index contributed by atoms with van der Waals surface area (Å²) >= 11 is 12.0. The highest BCUT2D eigenvalue weighted by molar-refractivity contribution is 6.33. The number of nitro benzene ring substituents is 1. The Morgan fingerprint density at radius 3 is 2.48 bits per heavy atom. The highest BCUT2D eigenvalue weighted by atomic mass is 35.5. The van der Waals surface area contributed by atoms with Crippen LogP contribution in [0.1, 0.15) is 11.1 Å². The van der Waals surface area contributed by atoms with Crippen molar-refractivity contribution >= 4 is 28.9 Å². The first-order chi connectivity index (χ1) is 10.1. The highest BCUT2D eigenvalue weighted by Crippen LogP contribution is 2.20. The molecule has 110 valence electrons. The molecular formula is C15H14Cl2N2O2. The topological polar surface area (TPSA) is 55.2 Å². The number of halogens is 2. The number of nitrogens with zero attached hydrogens (tertiary/aromatic N) is 1. The monoisotopic (exact) mass is 324 g/mol. The molecule has 0 aliphatic heterocycles. The van der Waals surface area contributed by atoms with Gasteiger partial charge in [0.2, 0.25) is 0 Å². The second-order valence-electron chi connectivity index (χ2n) is 4.59. The predicted octanol–water partition coefficient (Wildman–Crippen LogP) is 4.23. The van der Waals surface area contributed by atoms with Crippen molar-refractivity contribution in [3.63, 3.8) is 0 Å². The molecule has 0 aromatic heterocycles. The van der Waals surface area contributed by atoms with Gasteiger partial charge in [0, 0.05) is 28.7 Å². The Morgan fingerprint density at radius 2 is 1.81 bits per heavy atom. The third kappa shape index (κ3) is 4.70. The van der Waals surface area contributed by atoms with E-state index >= 15 is 0 Å². The average molecular weight is 325 g/mol. The van der Waals surface area contributed by atoms with Crippen LogP contribution in [0.3, 0.4) is 0 Å². The summed E-state index contributed by atoms with van der Waals surface area (Å²) in [7, 11) is 0.